The van der Waals surface area contributed by atoms with Gasteiger partial charge in [-0.3, -0.25) is 4.79 Å². The van der Waals surface area contributed by atoms with Gasteiger partial charge in [-0.15, -0.1) is 11.8 Å². The predicted octanol–water partition coefficient (Wildman–Crippen LogP) is 3.77. The molecule has 1 fully saturated rings. The Balaban J connectivity index is 1.80. The second-order valence-corrected chi connectivity index (χ2v) is 9.44. The van der Waals surface area contributed by atoms with E-state index in [4.69, 9.17) is 0 Å². The van der Waals surface area contributed by atoms with Crippen LogP contribution in [0.3, 0.4) is 0 Å². The first-order chi connectivity index (χ1) is 11.9. The quantitative estimate of drug-likeness (QED) is 0.859. The van der Waals surface area contributed by atoms with Gasteiger partial charge in [-0.05, 0) is 43.2 Å². The number of hydrogen-bond donors (Lipinski definition) is 1. The monoisotopic (exact) mass is 376 g/mol. The number of carbonyl (C=O) groups is 1. The van der Waals surface area contributed by atoms with Crippen LogP contribution in [0.5, 0.6) is 0 Å². The van der Waals surface area contributed by atoms with Crippen LogP contribution in [-0.4, -0.2) is 30.8 Å². The topological polar surface area (TPSA) is 76.1 Å². The highest BCUT2D eigenvalue weighted by molar-refractivity contribution is 8.00. The highest BCUT2D eigenvalue weighted by Gasteiger charge is 2.21. The van der Waals surface area contributed by atoms with Crippen LogP contribution in [0.4, 0.5) is 5.69 Å². The first-order valence-electron chi connectivity index (χ1n) is 8.16. The SMILES string of the molecule is CS(=O)(=O)c1cccc(NC(=O)c2cccnc2SC2CCCC2)c1. The van der Waals surface area contributed by atoms with E-state index < -0.39 is 9.84 Å². The summed E-state index contributed by atoms with van der Waals surface area (Å²) in [6, 6.07) is 9.75. The second kappa shape index (κ2) is 7.58. The molecule has 0 bridgehead atoms. The summed E-state index contributed by atoms with van der Waals surface area (Å²) in [4.78, 5) is 17.2. The third-order valence-corrected chi connectivity index (χ3v) is 6.58. The Hall–Kier alpha value is -1.86. The summed E-state index contributed by atoms with van der Waals surface area (Å²) in [6.45, 7) is 0. The molecular formula is C18H20N2O3S2. The van der Waals surface area contributed by atoms with Crippen LogP contribution in [-0.2, 0) is 9.84 Å². The lowest BCUT2D eigenvalue weighted by Gasteiger charge is -2.12. The minimum Gasteiger partial charge on any atom is -0.322 e. The molecule has 0 spiro atoms. The predicted molar refractivity (Wildman–Crippen MR) is 99.9 cm³/mol. The third kappa shape index (κ3) is 4.61. The molecule has 7 heteroatoms. The van der Waals surface area contributed by atoms with E-state index in [2.05, 4.69) is 10.3 Å². The van der Waals surface area contributed by atoms with Gasteiger partial charge in [-0.25, -0.2) is 13.4 Å². The van der Waals surface area contributed by atoms with E-state index in [9.17, 15) is 13.2 Å². The molecule has 132 valence electrons. The van der Waals surface area contributed by atoms with Crippen molar-refractivity contribution in [3.8, 4) is 0 Å². The van der Waals surface area contributed by atoms with E-state index in [1.807, 2.05) is 0 Å². The maximum absolute atomic E-state index is 12.7. The molecule has 1 aromatic heterocycles. The van der Waals surface area contributed by atoms with E-state index in [1.54, 1.807) is 42.2 Å². The molecule has 0 aliphatic heterocycles. The first kappa shape index (κ1) is 17.9. The molecule has 1 amide bonds. The van der Waals surface area contributed by atoms with Crippen LogP contribution in [0.15, 0.2) is 52.5 Å². The fourth-order valence-electron chi connectivity index (χ4n) is 2.82. The van der Waals surface area contributed by atoms with E-state index in [0.29, 0.717) is 16.5 Å². The van der Waals surface area contributed by atoms with Crippen molar-refractivity contribution < 1.29 is 13.2 Å². The molecule has 1 aliphatic rings. The minimum atomic E-state index is -3.32. The highest BCUT2D eigenvalue weighted by atomic mass is 32.2. The number of rotatable bonds is 5. The summed E-state index contributed by atoms with van der Waals surface area (Å²) in [5.74, 6) is -0.278. The molecule has 1 heterocycles. The normalized spacial score (nSPS) is 15.2. The Morgan fingerprint density at radius 3 is 2.68 bits per heavy atom. The largest absolute Gasteiger partial charge is 0.322 e. The summed E-state index contributed by atoms with van der Waals surface area (Å²) >= 11 is 1.66. The lowest BCUT2D eigenvalue weighted by atomic mass is 10.2. The fourth-order valence-corrected chi connectivity index (χ4v) is 4.79. The molecule has 0 atom stereocenters. The smallest absolute Gasteiger partial charge is 0.258 e. The number of anilines is 1. The van der Waals surface area contributed by atoms with Gasteiger partial charge in [0.1, 0.15) is 5.03 Å². The number of sulfone groups is 1. The number of pyridine rings is 1. The lowest BCUT2D eigenvalue weighted by molar-refractivity contribution is 0.102. The van der Waals surface area contributed by atoms with Crippen LogP contribution in [0.25, 0.3) is 0 Å². The number of benzene rings is 1. The molecule has 0 radical (unpaired) electrons. The molecule has 0 saturated heterocycles. The third-order valence-electron chi connectivity index (χ3n) is 4.12. The van der Waals surface area contributed by atoms with Crippen molar-refractivity contribution in [2.45, 2.75) is 40.9 Å². The number of nitrogens with zero attached hydrogens (tertiary/aromatic N) is 1. The molecule has 25 heavy (non-hydrogen) atoms. The Kier molecular flexibility index (Phi) is 5.44. The van der Waals surface area contributed by atoms with Crippen molar-refractivity contribution in [2.24, 2.45) is 0 Å². The maximum atomic E-state index is 12.7. The molecular weight excluding hydrogens is 356 g/mol. The van der Waals surface area contributed by atoms with Crippen LogP contribution >= 0.6 is 11.8 Å². The fraction of sp³-hybridized carbons (Fsp3) is 0.333. The van der Waals surface area contributed by atoms with Crippen molar-refractivity contribution in [1.29, 1.82) is 0 Å². The van der Waals surface area contributed by atoms with E-state index in [1.165, 1.54) is 25.0 Å². The standard InChI is InChI=1S/C18H20N2O3S2/c1-25(22,23)15-9-4-6-13(12-15)20-17(21)16-10-5-11-19-18(16)24-14-7-2-3-8-14/h4-6,9-12,14H,2-3,7-8H2,1H3,(H,20,21). The Morgan fingerprint density at radius 1 is 1.20 bits per heavy atom. The molecule has 1 saturated carbocycles. The molecule has 2 aromatic rings. The summed E-state index contributed by atoms with van der Waals surface area (Å²) in [5, 5.41) is 4.02. The molecule has 1 N–H and O–H groups in total. The number of nitrogens with one attached hydrogen (secondary N) is 1. The highest BCUT2D eigenvalue weighted by Crippen LogP contribution is 2.35. The molecule has 1 aromatic carbocycles. The van der Waals surface area contributed by atoms with Gasteiger partial charge in [0, 0.05) is 23.4 Å². The van der Waals surface area contributed by atoms with Crippen LogP contribution in [0.1, 0.15) is 36.0 Å². The van der Waals surface area contributed by atoms with E-state index >= 15 is 0 Å². The van der Waals surface area contributed by atoms with Crippen molar-refractivity contribution in [2.75, 3.05) is 11.6 Å². The number of aromatic nitrogens is 1. The Morgan fingerprint density at radius 2 is 1.96 bits per heavy atom. The summed E-state index contributed by atoms with van der Waals surface area (Å²) in [7, 11) is -3.32. The average Bonchev–Trinajstić information content (AvgIpc) is 3.08. The molecule has 0 unspecified atom stereocenters. The second-order valence-electron chi connectivity index (χ2n) is 6.13. The lowest BCUT2D eigenvalue weighted by Crippen LogP contribution is -2.14. The van der Waals surface area contributed by atoms with E-state index in [-0.39, 0.29) is 10.8 Å². The summed E-state index contributed by atoms with van der Waals surface area (Å²) < 4.78 is 23.3. The molecule has 3 rings (SSSR count). The van der Waals surface area contributed by atoms with Crippen LogP contribution in [0, 0.1) is 0 Å². The Labute approximate surface area is 152 Å². The van der Waals surface area contributed by atoms with Crippen molar-refractivity contribution in [1.82, 2.24) is 4.98 Å². The average molecular weight is 377 g/mol. The minimum absolute atomic E-state index is 0.178. The summed E-state index contributed by atoms with van der Waals surface area (Å²) in [6.07, 6.45) is 7.59. The molecule has 5 nitrogen and oxygen atoms in total. The maximum Gasteiger partial charge on any atom is 0.258 e. The van der Waals surface area contributed by atoms with Gasteiger partial charge >= 0.3 is 0 Å². The van der Waals surface area contributed by atoms with Gasteiger partial charge in [0.05, 0.1) is 10.5 Å². The number of hydrogen-bond acceptors (Lipinski definition) is 5. The first-order valence-corrected chi connectivity index (χ1v) is 10.9. The van der Waals surface area contributed by atoms with Crippen LogP contribution in [0.2, 0.25) is 0 Å². The number of carbonyl (C=O) groups excluding carboxylic acids is 1. The van der Waals surface area contributed by atoms with Gasteiger partial charge in [0.2, 0.25) is 0 Å². The van der Waals surface area contributed by atoms with Crippen molar-refractivity contribution in [3.63, 3.8) is 0 Å². The van der Waals surface area contributed by atoms with Gasteiger partial charge in [-0.1, -0.05) is 18.9 Å². The van der Waals surface area contributed by atoms with Gasteiger partial charge < -0.3 is 5.32 Å². The summed E-state index contributed by atoms with van der Waals surface area (Å²) in [5.41, 5.74) is 0.970. The zero-order chi connectivity index (χ0) is 17.9. The van der Waals surface area contributed by atoms with Gasteiger partial charge in [0.15, 0.2) is 9.84 Å². The van der Waals surface area contributed by atoms with Crippen LogP contribution < -0.4 is 5.32 Å². The van der Waals surface area contributed by atoms with E-state index in [0.717, 1.165) is 24.1 Å². The Bertz CT molecular complexity index is 875. The van der Waals surface area contributed by atoms with Gasteiger partial charge in [-0.2, -0.15) is 0 Å². The zero-order valence-corrected chi connectivity index (χ0v) is 15.6. The van der Waals surface area contributed by atoms with Crippen molar-refractivity contribution in [3.05, 3.63) is 48.2 Å². The molecule has 1 aliphatic carbocycles. The number of amides is 1. The number of thioether (sulfide) groups is 1. The van der Waals surface area contributed by atoms with Gasteiger partial charge in [0.25, 0.3) is 5.91 Å². The zero-order valence-electron chi connectivity index (χ0n) is 13.9. The van der Waals surface area contributed by atoms with Crippen molar-refractivity contribution >= 4 is 33.2 Å².